The predicted molar refractivity (Wildman–Crippen MR) is 135 cm³/mol. The van der Waals surface area contributed by atoms with E-state index in [0.717, 1.165) is 5.56 Å². The summed E-state index contributed by atoms with van der Waals surface area (Å²) in [7, 11) is 31.6. The van der Waals surface area contributed by atoms with Gasteiger partial charge in [-0.2, -0.15) is 0 Å². The molecule has 2 aromatic carbocycles. The van der Waals surface area contributed by atoms with Gasteiger partial charge in [0.25, 0.3) is 0 Å². The van der Waals surface area contributed by atoms with Crippen LogP contribution in [0.1, 0.15) is 30.0 Å². The van der Waals surface area contributed by atoms with E-state index in [1.807, 2.05) is 30.3 Å². The molecule has 10 radical (unpaired) electrons. The van der Waals surface area contributed by atoms with E-state index in [1.165, 1.54) is 19.1 Å². The number of nitro benzene ring substituents is 1. The summed E-state index contributed by atoms with van der Waals surface area (Å²) in [4.78, 5) is 11.2. The van der Waals surface area contributed by atoms with Crippen molar-refractivity contribution in [2.75, 3.05) is 0 Å². The zero-order chi connectivity index (χ0) is 23.9. The van der Waals surface area contributed by atoms with Gasteiger partial charge in [-0.3, -0.25) is 10.1 Å². The second-order valence-electron chi connectivity index (χ2n) is 8.35. The molecule has 3 rings (SSSR count). The molecule has 0 fully saturated rings. The Bertz CT molecular complexity index is 1060. The lowest BCUT2D eigenvalue weighted by atomic mass is 9.47. The van der Waals surface area contributed by atoms with Crippen molar-refractivity contribution in [2.45, 2.75) is 42.3 Å². The summed E-state index contributed by atoms with van der Waals surface area (Å²) in [5.74, 6) is -0.0394. The SMILES string of the molecule is [B]C(C)(S)Oc1cc(C2=CC([B])([B])N(Cc3ccccc3)C([B])([B])C2)c(C)cc1[N+](=O)[O-]. The van der Waals surface area contributed by atoms with Gasteiger partial charge < -0.3 is 9.64 Å². The van der Waals surface area contributed by atoms with E-state index in [4.69, 9.17) is 44.0 Å². The van der Waals surface area contributed by atoms with E-state index in [-0.39, 0.29) is 17.9 Å². The monoisotopic (exact) mass is 434 g/mol. The fourth-order valence-electron chi connectivity index (χ4n) is 3.86. The summed E-state index contributed by atoms with van der Waals surface area (Å²) in [6, 6.07) is 12.5. The van der Waals surface area contributed by atoms with Crippen molar-refractivity contribution in [3.8, 4) is 5.75 Å². The summed E-state index contributed by atoms with van der Waals surface area (Å²) < 4.78 is 5.52. The van der Waals surface area contributed by atoms with Gasteiger partial charge >= 0.3 is 5.69 Å². The molecule has 0 bridgehead atoms. The lowest BCUT2D eigenvalue weighted by Crippen LogP contribution is -2.63. The van der Waals surface area contributed by atoms with Crippen LogP contribution in [0.4, 0.5) is 5.69 Å². The lowest BCUT2D eigenvalue weighted by molar-refractivity contribution is -0.386. The molecular formula is C21H19B5N2O3S. The Morgan fingerprint density at radius 3 is 2.38 bits per heavy atom. The summed E-state index contributed by atoms with van der Waals surface area (Å²) >= 11 is 4.11. The van der Waals surface area contributed by atoms with Crippen molar-refractivity contribution in [3.05, 3.63) is 75.3 Å². The average molecular weight is 434 g/mol. The first-order chi connectivity index (χ1) is 14.7. The van der Waals surface area contributed by atoms with Gasteiger partial charge in [0.2, 0.25) is 0 Å². The molecule has 0 aromatic heterocycles. The largest absolute Gasteiger partial charge is 0.481 e. The zero-order valence-electron chi connectivity index (χ0n) is 18.0. The molecule has 32 heavy (non-hydrogen) atoms. The number of aryl methyl sites for hydroxylation is 1. The number of nitro groups is 1. The molecule has 1 aliphatic heterocycles. The van der Waals surface area contributed by atoms with Gasteiger partial charge in [0, 0.05) is 12.6 Å². The van der Waals surface area contributed by atoms with Crippen LogP contribution < -0.4 is 4.74 Å². The summed E-state index contributed by atoms with van der Waals surface area (Å²) in [5, 5.41) is 8.67. The molecule has 0 saturated carbocycles. The van der Waals surface area contributed by atoms with E-state index >= 15 is 0 Å². The summed E-state index contributed by atoms with van der Waals surface area (Å²) in [5.41, 5.74) is 2.57. The fraction of sp³-hybridized carbons (Fsp3) is 0.333. The average Bonchev–Trinajstić information content (AvgIpc) is 2.64. The fourth-order valence-corrected chi connectivity index (χ4v) is 3.96. The van der Waals surface area contributed by atoms with E-state index < -0.39 is 20.4 Å². The Kier molecular flexibility index (Phi) is 6.74. The first-order valence-electron chi connectivity index (χ1n) is 9.88. The highest BCUT2D eigenvalue weighted by molar-refractivity contribution is 7.83. The van der Waals surface area contributed by atoms with Crippen LogP contribution in [-0.2, 0) is 6.54 Å². The quantitative estimate of drug-likeness (QED) is 0.250. The van der Waals surface area contributed by atoms with Gasteiger partial charge in [-0.05, 0) is 59.3 Å². The molecule has 0 aliphatic carbocycles. The number of rotatable bonds is 6. The lowest BCUT2D eigenvalue weighted by Gasteiger charge is -2.54. The van der Waals surface area contributed by atoms with Gasteiger partial charge in [-0.1, -0.05) is 36.4 Å². The molecule has 2 aromatic rings. The van der Waals surface area contributed by atoms with Crippen LogP contribution in [0.3, 0.4) is 0 Å². The second kappa shape index (κ2) is 8.75. The Balaban J connectivity index is 2.06. The highest BCUT2D eigenvalue weighted by Gasteiger charge is 2.40. The second-order valence-corrected chi connectivity index (χ2v) is 9.23. The number of hydrogen-bond acceptors (Lipinski definition) is 5. The highest BCUT2D eigenvalue weighted by Crippen LogP contribution is 2.41. The number of thiol groups is 1. The molecular weight excluding hydrogens is 414 g/mol. The topological polar surface area (TPSA) is 55.6 Å². The van der Waals surface area contributed by atoms with Crippen molar-refractivity contribution < 1.29 is 9.66 Å². The summed E-state index contributed by atoms with van der Waals surface area (Å²) in [6.45, 7) is 3.54. The Morgan fingerprint density at radius 1 is 1.22 bits per heavy atom. The van der Waals surface area contributed by atoms with Crippen LogP contribution in [-0.4, -0.2) is 64.6 Å². The van der Waals surface area contributed by atoms with Gasteiger partial charge in [0.1, 0.15) is 12.7 Å². The van der Waals surface area contributed by atoms with Crippen molar-refractivity contribution in [2.24, 2.45) is 0 Å². The normalized spacial score (nSPS) is 19.5. The highest BCUT2D eigenvalue weighted by atomic mass is 32.1. The van der Waals surface area contributed by atoms with Crippen LogP contribution in [0.15, 0.2) is 48.5 Å². The van der Waals surface area contributed by atoms with Crippen molar-refractivity contribution in [1.29, 1.82) is 0 Å². The van der Waals surface area contributed by atoms with Gasteiger partial charge in [-0.25, -0.2) is 0 Å². The molecule has 0 amide bonds. The minimum absolute atomic E-state index is 0.0394. The number of hydrogen-bond donors (Lipinski definition) is 1. The standard InChI is InChI=1S/C21H19B5N2O3S/c1-13-8-17(28(29)30)18(31-19(2,22)32)9-16(13)15-10-20(23,24)27(21(25,26)11-15)12-14-6-4-3-5-7-14/h3-10,32H,11-12H2,1-2H3. The van der Waals surface area contributed by atoms with Gasteiger partial charge in [0.15, 0.2) is 5.75 Å². The smallest absolute Gasteiger partial charge is 0.311 e. The molecule has 1 aliphatic rings. The van der Waals surface area contributed by atoms with Gasteiger partial charge in [0.05, 0.1) is 36.3 Å². The first kappa shape index (κ1) is 24.7. The third-order valence-electron chi connectivity index (χ3n) is 5.20. The molecule has 1 heterocycles. The minimum atomic E-state index is -1.48. The van der Waals surface area contributed by atoms with Crippen LogP contribution in [0.25, 0.3) is 5.57 Å². The molecule has 1 unspecified atom stereocenters. The van der Waals surface area contributed by atoms with E-state index in [2.05, 4.69) is 12.6 Å². The van der Waals surface area contributed by atoms with Crippen molar-refractivity contribution in [1.82, 2.24) is 4.90 Å². The summed E-state index contributed by atoms with van der Waals surface area (Å²) in [6.07, 6.45) is 1.85. The van der Waals surface area contributed by atoms with E-state index in [0.29, 0.717) is 23.2 Å². The van der Waals surface area contributed by atoms with E-state index in [1.54, 1.807) is 17.9 Å². The van der Waals surface area contributed by atoms with Crippen LogP contribution in [0.2, 0.25) is 0 Å². The number of benzene rings is 2. The first-order valence-corrected chi connectivity index (χ1v) is 10.3. The maximum absolute atomic E-state index is 11.5. The van der Waals surface area contributed by atoms with Crippen LogP contribution in [0, 0.1) is 17.0 Å². The van der Waals surface area contributed by atoms with Gasteiger partial charge in [-0.15, -0.1) is 12.6 Å². The number of nitrogens with zero attached hydrogens (tertiary/aromatic N) is 2. The van der Waals surface area contributed by atoms with Crippen molar-refractivity contribution in [3.63, 3.8) is 0 Å². The Labute approximate surface area is 201 Å². The molecule has 0 N–H and O–H groups in total. The predicted octanol–water partition coefficient (Wildman–Crippen LogP) is 2.32. The molecule has 152 valence electrons. The molecule has 5 nitrogen and oxygen atoms in total. The third-order valence-corrected chi connectivity index (χ3v) is 5.29. The number of ether oxygens (including phenoxy) is 1. The third kappa shape index (κ3) is 5.49. The maximum atomic E-state index is 11.5. The Morgan fingerprint density at radius 2 is 1.84 bits per heavy atom. The van der Waals surface area contributed by atoms with Crippen molar-refractivity contribution >= 4 is 63.1 Å². The Hall–Kier alpha value is -1.99. The van der Waals surface area contributed by atoms with E-state index in [9.17, 15) is 10.1 Å². The molecule has 0 spiro atoms. The van der Waals surface area contributed by atoms with Crippen LogP contribution >= 0.6 is 12.6 Å². The van der Waals surface area contributed by atoms with Crippen LogP contribution in [0.5, 0.6) is 5.75 Å². The minimum Gasteiger partial charge on any atom is -0.481 e. The maximum Gasteiger partial charge on any atom is 0.311 e. The zero-order valence-corrected chi connectivity index (χ0v) is 18.9. The molecule has 1 atom stereocenters. The molecule has 11 heteroatoms. The molecule has 0 saturated heterocycles.